The first kappa shape index (κ1) is 14.6. The van der Waals surface area contributed by atoms with Gasteiger partial charge in [-0.1, -0.05) is 18.0 Å². The van der Waals surface area contributed by atoms with E-state index in [-0.39, 0.29) is 11.9 Å². The Bertz CT molecular complexity index is 323. The van der Waals surface area contributed by atoms with Gasteiger partial charge in [0.25, 0.3) is 0 Å². The van der Waals surface area contributed by atoms with E-state index in [2.05, 4.69) is 5.16 Å². The quantitative estimate of drug-likeness (QED) is 0.325. The van der Waals surface area contributed by atoms with Gasteiger partial charge in [0.05, 0.1) is 6.04 Å². The molecule has 1 saturated heterocycles. The fourth-order valence-corrected chi connectivity index (χ4v) is 2.02. The SMILES string of the molecule is CC(C)(C)OC(=O)N1CCCCC[C@@H]1/C(N)=N/O. The summed E-state index contributed by atoms with van der Waals surface area (Å²) in [5.41, 5.74) is 5.12. The normalized spacial score (nSPS) is 22.5. The number of oxime groups is 1. The number of ether oxygens (including phenoxy) is 1. The van der Waals surface area contributed by atoms with Crippen LogP contribution in [-0.4, -0.2) is 40.2 Å². The van der Waals surface area contributed by atoms with Gasteiger partial charge >= 0.3 is 6.09 Å². The largest absolute Gasteiger partial charge is 0.444 e. The Labute approximate surface area is 108 Å². The van der Waals surface area contributed by atoms with Crippen LogP contribution in [0.2, 0.25) is 0 Å². The van der Waals surface area contributed by atoms with Gasteiger partial charge in [-0.3, -0.25) is 4.90 Å². The van der Waals surface area contributed by atoms with Crippen molar-refractivity contribution in [2.24, 2.45) is 10.9 Å². The highest BCUT2D eigenvalue weighted by atomic mass is 16.6. The van der Waals surface area contributed by atoms with Gasteiger partial charge in [0.1, 0.15) is 5.60 Å². The van der Waals surface area contributed by atoms with Crippen molar-refractivity contribution < 1.29 is 14.7 Å². The summed E-state index contributed by atoms with van der Waals surface area (Å²) in [6.45, 7) is 6.04. The van der Waals surface area contributed by atoms with Crippen LogP contribution in [0.3, 0.4) is 0 Å². The van der Waals surface area contributed by atoms with Gasteiger partial charge in [-0.05, 0) is 33.6 Å². The van der Waals surface area contributed by atoms with Crippen molar-refractivity contribution in [3.63, 3.8) is 0 Å². The Hall–Kier alpha value is -1.46. The Kier molecular flexibility index (Phi) is 4.81. The van der Waals surface area contributed by atoms with Crippen LogP contribution in [0, 0.1) is 0 Å². The summed E-state index contributed by atoms with van der Waals surface area (Å²) in [6.07, 6.45) is 3.21. The van der Waals surface area contributed by atoms with E-state index in [9.17, 15) is 4.79 Å². The topological polar surface area (TPSA) is 88.2 Å². The van der Waals surface area contributed by atoms with Crippen LogP contribution in [0.4, 0.5) is 4.79 Å². The number of carbonyl (C=O) groups excluding carboxylic acids is 1. The van der Waals surface area contributed by atoms with E-state index in [4.69, 9.17) is 15.7 Å². The molecule has 0 saturated carbocycles. The summed E-state index contributed by atoms with van der Waals surface area (Å²) in [7, 11) is 0. The highest BCUT2D eigenvalue weighted by Gasteiger charge is 2.31. The molecule has 1 fully saturated rings. The molecule has 0 aromatic heterocycles. The second kappa shape index (κ2) is 5.93. The van der Waals surface area contributed by atoms with Crippen LogP contribution in [0.1, 0.15) is 46.5 Å². The minimum atomic E-state index is -0.543. The molecule has 18 heavy (non-hydrogen) atoms. The molecule has 1 rings (SSSR count). The van der Waals surface area contributed by atoms with Crippen molar-refractivity contribution in [2.75, 3.05) is 6.54 Å². The van der Waals surface area contributed by atoms with Crippen molar-refractivity contribution in [2.45, 2.75) is 58.1 Å². The van der Waals surface area contributed by atoms with Crippen molar-refractivity contribution in [3.05, 3.63) is 0 Å². The zero-order chi connectivity index (χ0) is 13.8. The number of nitrogens with two attached hydrogens (primary N) is 1. The van der Waals surface area contributed by atoms with Gasteiger partial charge in [0.2, 0.25) is 0 Å². The minimum absolute atomic E-state index is 0.0720. The molecule has 0 aromatic rings. The average molecular weight is 257 g/mol. The molecule has 1 atom stereocenters. The molecule has 1 amide bonds. The predicted octanol–water partition coefficient (Wildman–Crippen LogP) is 1.91. The number of hydrogen-bond donors (Lipinski definition) is 2. The van der Waals surface area contributed by atoms with Gasteiger partial charge < -0.3 is 15.7 Å². The fourth-order valence-electron chi connectivity index (χ4n) is 2.02. The molecule has 0 spiro atoms. The zero-order valence-corrected chi connectivity index (χ0v) is 11.3. The zero-order valence-electron chi connectivity index (χ0n) is 11.3. The Morgan fingerprint density at radius 1 is 1.39 bits per heavy atom. The molecular formula is C12H23N3O3. The molecule has 0 aromatic carbocycles. The van der Waals surface area contributed by atoms with Gasteiger partial charge in [0, 0.05) is 6.54 Å². The van der Waals surface area contributed by atoms with E-state index >= 15 is 0 Å². The van der Waals surface area contributed by atoms with Crippen molar-refractivity contribution in [1.82, 2.24) is 4.90 Å². The van der Waals surface area contributed by atoms with Crippen LogP contribution in [0.15, 0.2) is 5.16 Å². The third kappa shape index (κ3) is 4.09. The van der Waals surface area contributed by atoms with Crippen LogP contribution in [-0.2, 0) is 4.74 Å². The summed E-state index contributed by atoms with van der Waals surface area (Å²) in [6, 6.07) is -0.368. The number of carbonyl (C=O) groups is 1. The molecule has 0 unspecified atom stereocenters. The summed E-state index contributed by atoms with van der Waals surface area (Å²) in [5.74, 6) is 0.0720. The maximum absolute atomic E-state index is 12.1. The molecule has 0 aliphatic carbocycles. The molecule has 1 heterocycles. The highest BCUT2D eigenvalue weighted by molar-refractivity contribution is 5.88. The highest BCUT2D eigenvalue weighted by Crippen LogP contribution is 2.20. The number of rotatable bonds is 1. The molecule has 1 aliphatic heterocycles. The van der Waals surface area contributed by atoms with Gasteiger partial charge in [-0.15, -0.1) is 0 Å². The molecule has 1 aliphatic rings. The molecule has 6 nitrogen and oxygen atoms in total. The van der Waals surface area contributed by atoms with Crippen molar-refractivity contribution >= 4 is 11.9 Å². The average Bonchev–Trinajstić information content (AvgIpc) is 2.50. The number of nitrogens with zero attached hydrogens (tertiary/aromatic N) is 2. The first-order valence-corrected chi connectivity index (χ1v) is 6.32. The molecular weight excluding hydrogens is 234 g/mol. The van der Waals surface area contributed by atoms with Crippen LogP contribution >= 0.6 is 0 Å². The second-order valence-electron chi connectivity index (χ2n) is 5.56. The van der Waals surface area contributed by atoms with E-state index in [1.165, 1.54) is 0 Å². The lowest BCUT2D eigenvalue weighted by molar-refractivity contribution is 0.0216. The maximum atomic E-state index is 12.1. The van der Waals surface area contributed by atoms with E-state index < -0.39 is 11.7 Å². The standard InChI is InChI=1S/C12H23N3O3/c1-12(2,3)18-11(16)15-8-6-4-5-7-9(15)10(13)14-17/h9,17H,4-8H2,1-3H3,(H2,13,14)/t9-/m1/s1. The first-order chi connectivity index (χ1) is 8.35. The monoisotopic (exact) mass is 257 g/mol. The van der Waals surface area contributed by atoms with Crippen LogP contribution < -0.4 is 5.73 Å². The lowest BCUT2D eigenvalue weighted by Gasteiger charge is -2.31. The first-order valence-electron chi connectivity index (χ1n) is 6.32. The van der Waals surface area contributed by atoms with E-state index in [0.717, 1.165) is 19.3 Å². The van der Waals surface area contributed by atoms with Crippen LogP contribution in [0.5, 0.6) is 0 Å². The Morgan fingerprint density at radius 3 is 2.61 bits per heavy atom. The third-order valence-electron chi connectivity index (χ3n) is 2.84. The summed E-state index contributed by atoms with van der Waals surface area (Å²) in [4.78, 5) is 13.7. The molecule has 0 radical (unpaired) electrons. The summed E-state index contributed by atoms with van der Waals surface area (Å²) < 4.78 is 5.35. The number of amides is 1. The Balaban J connectivity index is 2.82. The van der Waals surface area contributed by atoms with Crippen LogP contribution in [0.25, 0.3) is 0 Å². The van der Waals surface area contributed by atoms with E-state index in [1.807, 2.05) is 20.8 Å². The second-order valence-corrected chi connectivity index (χ2v) is 5.56. The molecule has 6 heteroatoms. The smallest absolute Gasteiger partial charge is 0.410 e. The molecule has 104 valence electrons. The maximum Gasteiger partial charge on any atom is 0.410 e. The summed E-state index contributed by atoms with van der Waals surface area (Å²) >= 11 is 0. The molecule has 0 bridgehead atoms. The van der Waals surface area contributed by atoms with Crippen molar-refractivity contribution in [3.8, 4) is 0 Å². The number of hydrogen-bond acceptors (Lipinski definition) is 4. The van der Waals surface area contributed by atoms with E-state index in [1.54, 1.807) is 4.90 Å². The number of amidine groups is 1. The molecule has 3 N–H and O–H groups in total. The van der Waals surface area contributed by atoms with E-state index in [0.29, 0.717) is 13.0 Å². The lowest BCUT2D eigenvalue weighted by atomic mass is 10.1. The lowest BCUT2D eigenvalue weighted by Crippen LogP contribution is -2.49. The Morgan fingerprint density at radius 2 is 2.06 bits per heavy atom. The summed E-state index contributed by atoms with van der Waals surface area (Å²) in [5, 5.41) is 11.8. The van der Waals surface area contributed by atoms with Gasteiger partial charge in [-0.25, -0.2) is 4.79 Å². The third-order valence-corrected chi connectivity index (χ3v) is 2.84. The van der Waals surface area contributed by atoms with Gasteiger partial charge in [0.15, 0.2) is 5.84 Å². The fraction of sp³-hybridized carbons (Fsp3) is 0.833. The predicted molar refractivity (Wildman–Crippen MR) is 68.6 cm³/mol. The van der Waals surface area contributed by atoms with Crippen molar-refractivity contribution in [1.29, 1.82) is 0 Å². The number of likely N-dealkylation sites (tertiary alicyclic amines) is 1. The van der Waals surface area contributed by atoms with Gasteiger partial charge in [-0.2, -0.15) is 0 Å². The minimum Gasteiger partial charge on any atom is -0.444 e.